The second-order valence-corrected chi connectivity index (χ2v) is 9.62. The van der Waals surface area contributed by atoms with Crippen LogP contribution < -0.4 is 10.6 Å². The minimum absolute atomic E-state index is 0.186. The Morgan fingerprint density at radius 2 is 1.80 bits per heavy atom. The van der Waals surface area contributed by atoms with Gasteiger partial charge < -0.3 is 10.6 Å². The van der Waals surface area contributed by atoms with Crippen molar-refractivity contribution in [3.63, 3.8) is 0 Å². The van der Waals surface area contributed by atoms with Crippen LogP contribution in [0.4, 0.5) is 14.6 Å². The highest BCUT2D eigenvalue weighted by Gasteiger charge is 2.47. The molecule has 6 nitrogen and oxygen atoms in total. The van der Waals surface area contributed by atoms with Gasteiger partial charge in [-0.25, -0.2) is 13.5 Å². The summed E-state index contributed by atoms with van der Waals surface area (Å²) in [5.74, 6) is -3.52. The van der Waals surface area contributed by atoms with Gasteiger partial charge in [0.25, 0.3) is 5.91 Å². The molecule has 2 amide bonds. The minimum Gasteiger partial charge on any atom is -0.340 e. The lowest BCUT2D eigenvalue weighted by molar-refractivity contribution is -0.119. The van der Waals surface area contributed by atoms with Gasteiger partial charge in [-0.05, 0) is 56.9 Å². The normalized spacial score (nSPS) is 21.8. The molecule has 1 aliphatic heterocycles. The molecule has 2 aliphatic rings. The molecule has 1 unspecified atom stereocenters. The van der Waals surface area contributed by atoms with Crippen molar-refractivity contribution in [1.29, 1.82) is 0 Å². The van der Waals surface area contributed by atoms with Gasteiger partial charge in [0.2, 0.25) is 11.8 Å². The fourth-order valence-corrected chi connectivity index (χ4v) is 5.43. The number of aryl methyl sites for hydroxylation is 2. The average Bonchev–Trinajstić information content (AvgIpc) is 3.16. The summed E-state index contributed by atoms with van der Waals surface area (Å²) in [7, 11) is 0. The number of para-hydroxylation sites is 1. The highest BCUT2D eigenvalue weighted by atomic mass is 19.3. The summed E-state index contributed by atoms with van der Waals surface area (Å²) in [6.45, 7) is 3.75. The van der Waals surface area contributed by atoms with Crippen LogP contribution >= 0.6 is 0 Å². The third-order valence-electron chi connectivity index (χ3n) is 7.16. The number of alkyl halides is 2. The third kappa shape index (κ3) is 4.45. The lowest BCUT2D eigenvalue weighted by atomic mass is 9.71. The van der Waals surface area contributed by atoms with Gasteiger partial charge in [0, 0.05) is 29.9 Å². The number of carbonyl (C=O) groups excluding carboxylic acids is 2. The molecule has 1 saturated carbocycles. The number of aromatic nitrogens is 2. The maximum atomic E-state index is 14.0. The lowest BCUT2D eigenvalue weighted by Crippen LogP contribution is -2.52. The van der Waals surface area contributed by atoms with E-state index in [2.05, 4.69) is 10.6 Å². The Bertz CT molecular complexity index is 1260. The van der Waals surface area contributed by atoms with Crippen molar-refractivity contribution in [1.82, 2.24) is 15.1 Å². The van der Waals surface area contributed by atoms with Gasteiger partial charge in [-0.3, -0.25) is 9.59 Å². The third-order valence-corrected chi connectivity index (χ3v) is 7.16. The Labute approximate surface area is 202 Å². The minimum atomic E-state index is -2.69. The van der Waals surface area contributed by atoms with E-state index in [-0.39, 0.29) is 43.4 Å². The zero-order valence-corrected chi connectivity index (χ0v) is 19.7. The first kappa shape index (κ1) is 23.2. The second kappa shape index (κ2) is 8.91. The van der Waals surface area contributed by atoms with Gasteiger partial charge in [0.05, 0.1) is 11.4 Å². The van der Waals surface area contributed by atoms with Crippen LogP contribution in [0.25, 0.3) is 5.69 Å². The van der Waals surface area contributed by atoms with E-state index in [0.717, 1.165) is 16.8 Å². The molecule has 0 spiro atoms. The zero-order chi connectivity index (χ0) is 24.7. The topological polar surface area (TPSA) is 76.0 Å². The Balaban J connectivity index is 1.56. The SMILES string of the molecule is Cc1cccc(C(=O)N[C@@H]2C(=O)Nc3c(c(C)nn3-c3ccccc3)C2C2CCC(F)(F)CC2)c1. The molecule has 2 heterocycles. The molecular formula is C27H28F2N4O2. The van der Waals surface area contributed by atoms with Crippen molar-refractivity contribution in [2.24, 2.45) is 5.92 Å². The molecule has 2 aromatic carbocycles. The fraction of sp³-hybridized carbons (Fsp3) is 0.370. The summed E-state index contributed by atoms with van der Waals surface area (Å²) in [5, 5.41) is 10.6. The number of hydrogen-bond acceptors (Lipinski definition) is 3. The van der Waals surface area contributed by atoms with Crippen LogP contribution in [-0.4, -0.2) is 33.6 Å². The van der Waals surface area contributed by atoms with Gasteiger partial charge >= 0.3 is 0 Å². The Morgan fingerprint density at radius 3 is 2.49 bits per heavy atom. The number of anilines is 1. The molecule has 0 radical (unpaired) electrons. The molecule has 1 fully saturated rings. The largest absolute Gasteiger partial charge is 0.340 e. The van der Waals surface area contributed by atoms with Crippen LogP contribution in [0.2, 0.25) is 0 Å². The molecular weight excluding hydrogens is 450 g/mol. The number of benzene rings is 2. The summed E-state index contributed by atoms with van der Waals surface area (Å²) >= 11 is 0. The lowest BCUT2D eigenvalue weighted by Gasteiger charge is -2.40. The van der Waals surface area contributed by atoms with Crippen LogP contribution in [0.5, 0.6) is 0 Å². The molecule has 0 bridgehead atoms. The molecule has 8 heteroatoms. The highest BCUT2D eigenvalue weighted by Crippen LogP contribution is 2.48. The van der Waals surface area contributed by atoms with Gasteiger partial charge in [-0.2, -0.15) is 5.10 Å². The molecule has 182 valence electrons. The van der Waals surface area contributed by atoms with Crippen LogP contribution in [0, 0.1) is 19.8 Å². The smallest absolute Gasteiger partial charge is 0.251 e. The average molecular weight is 479 g/mol. The molecule has 1 aliphatic carbocycles. The number of fused-ring (bicyclic) bond motifs is 1. The van der Waals surface area contributed by atoms with Gasteiger partial charge in [-0.15, -0.1) is 0 Å². The number of halogens is 2. The number of carbonyl (C=O) groups is 2. The summed E-state index contributed by atoms with van der Waals surface area (Å²) in [4.78, 5) is 26.6. The van der Waals surface area contributed by atoms with Gasteiger partial charge in [-0.1, -0.05) is 35.9 Å². The molecule has 1 aromatic heterocycles. The Morgan fingerprint density at radius 1 is 1.09 bits per heavy atom. The van der Waals surface area contributed by atoms with E-state index < -0.39 is 17.9 Å². The van der Waals surface area contributed by atoms with Crippen LogP contribution in [0.1, 0.15) is 58.8 Å². The van der Waals surface area contributed by atoms with Crippen molar-refractivity contribution in [2.45, 2.75) is 57.4 Å². The Hall–Kier alpha value is -3.55. The van der Waals surface area contributed by atoms with E-state index >= 15 is 0 Å². The predicted octanol–water partition coefficient (Wildman–Crippen LogP) is 5.15. The maximum Gasteiger partial charge on any atom is 0.251 e. The van der Waals surface area contributed by atoms with Crippen molar-refractivity contribution < 1.29 is 18.4 Å². The van der Waals surface area contributed by atoms with E-state index in [1.807, 2.05) is 50.2 Å². The predicted molar refractivity (Wildman–Crippen MR) is 129 cm³/mol. The van der Waals surface area contributed by atoms with E-state index in [1.165, 1.54) is 0 Å². The first-order valence-corrected chi connectivity index (χ1v) is 11.9. The second-order valence-electron chi connectivity index (χ2n) is 9.62. The maximum absolute atomic E-state index is 14.0. The van der Waals surface area contributed by atoms with Crippen molar-refractivity contribution in [3.05, 3.63) is 77.0 Å². The van der Waals surface area contributed by atoms with Crippen molar-refractivity contribution >= 4 is 17.6 Å². The molecule has 2 atom stereocenters. The van der Waals surface area contributed by atoms with Crippen molar-refractivity contribution in [2.75, 3.05) is 5.32 Å². The quantitative estimate of drug-likeness (QED) is 0.545. The van der Waals surface area contributed by atoms with Gasteiger partial charge in [0.15, 0.2) is 0 Å². The van der Waals surface area contributed by atoms with E-state index in [4.69, 9.17) is 5.10 Å². The zero-order valence-electron chi connectivity index (χ0n) is 19.7. The molecule has 35 heavy (non-hydrogen) atoms. The first-order valence-electron chi connectivity index (χ1n) is 11.9. The van der Waals surface area contributed by atoms with Crippen LogP contribution in [-0.2, 0) is 4.79 Å². The molecule has 5 rings (SSSR count). The fourth-order valence-electron chi connectivity index (χ4n) is 5.43. The number of nitrogens with one attached hydrogen (secondary N) is 2. The van der Waals surface area contributed by atoms with E-state index in [0.29, 0.717) is 17.1 Å². The number of rotatable bonds is 4. The van der Waals surface area contributed by atoms with E-state index in [9.17, 15) is 18.4 Å². The summed E-state index contributed by atoms with van der Waals surface area (Å²) in [5.41, 5.74) is 3.68. The first-order chi connectivity index (χ1) is 16.7. The highest BCUT2D eigenvalue weighted by molar-refractivity contribution is 6.03. The Kier molecular flexibility index (Phi) is 5.91. The summed E-state index contributed by atoms with van der Waals surface area (Å²) < 4.78 is 29.7. The van der Waals surface area contributed by atoms with Crippen LogP contribution in [0.15, 0.2) is 54.6 Å². The van der Waals surface area contributed by atoms with Crippen LogP contribution in [0.3, 0.4) is 0 Å². The monoisotopic (exact) mass is 478 g/mol. The molecule has 2 N–H and O–H groups in total. The number of nitrogens with zero attached hydrogens (tertiary/aromatic N) is 2. The molecule has 0 saturated heterocycles. The van der Waals surface area contributed by atoms with Crippen molar-refractivity contribution in [3.8, 4) is 5.69 Å². The van der Waals surface area contributed by atoms with E-state index in [1.54, 1.807) is 22.9 Å². The standard InChI is InChI=1S/C27H28F2N4O2/c1-16-7-6-8-19(15-16)25(34)30-23-22(18-11-13-27(28,29)14-12-18)21-17(2)32-33(24(21)31-26(23)35)20-9-4-3-5-10-20/h3-10,15,18,22-23H,11-14H2,1-2H3,(H,30,34)(H,31,35)/t22?,23-/m0/s1. The molecule has 3 aromatic rings. The summed E-state index contributed by atoms with van der Waals surface area (Å²) in [6.07, 6.45) is 0.0966. The number of amides is 2. The van der Waals surface area contributed by atoms with Gasteiger partial charge in [0.1, 0.15) is 11.9 Å². The number of hydrogen-bond donors (Lipinski definition) is 2. The summed E-state index contributed by atoms with van der Waals surface area (Å²) in [6, 6.07) is 15.7.